The number of methoxy groups -OCH3 is 1. The third-order valence-corrected chi connectivity index (χ3v) is 4.31. The van der Waals surface area contributed by atoms with E-state index in [9.17, 15) is 4.79 Å². The first-order valence-corrected chi connectivity index (χ1v) is 8.88. The van der Waals surface area contributed by atoms with E-state index in [0.717, 1.165) is 23.2 Å². The zero-order valence-electron chi connectivity index (χ0n) is 16.5. The number of rotatable bonds is 9. The van der Waals surface area contributed by atoms with E-state index in [1.807, 2.05) is 27.7 Å². The van der Waals surface area contributed by atoms with E-state index in [4.69, 9.17) is 23.7 Å². The summed E-state index contributed by atoms with van der Waals surface area (Å²) in [6, 6.07) is 4.17. The minimum absolute atomic E-state index is 0.105. The molecule has 1 heterocycles. The van der Waals surface area contributed by atoms with Gasteiger partial charge in [0.05, 0.1) is 6.10 Å². The fourth-order valence-electron chi connectivity index (χ4n) is 3.41. The fraction of sp³-hybridized carbons (Fsp3) is 0.650. The molecule has 0 saturated carbocycles. The molecule has 6 nitrogen and oxygen atoms in total. The van der Waals surface area contributed by atoms with Gasteiger partial charge in [0.25, 0.3) is 0 Å². The summed E-state index contributed by atoms with van der Waals surface area (Å²) in [5, 5.41) is 0. The van der Waals surface area contributed by atoms with Gasteiger partial charge < -0.3 is 28.5 Å². The first-order valence-electron chi connectivity index (χ1n) is 8.88. The summed E-state index contributed by atoms with van der Waals surface area (Å²) in [6.45, 7) is 10.1. The van der Waals surface area contributed by atoms with Crippen molar-refractivity contribution in [3.63, 3.8) is 0 Å². The second-order valence-corrected chi connectivity index (χ2v) is 7.19. The van der Waals surface area contributed by atoms with Crippen LogP contribution in [-0.2, 0) is 23.7 Å². The molecule has 3 atom stereocenters. The van der Waals surface area contributed by atoms with Crippen molar-refractivity contribution >= 4 is 6.29 Å². The Morgan fingerprint density at radius 1 is 1.19 bits per heavy atom. The van der Waals surface area contributed by atoms with E-state index in [-0.39, 0.29) is 25.9 Å². The zero-order valence-corrected chi connectivity index (χ0v) is 16.5. The molecular formula is C20H30O6. The minimum Gasteiger partial charge on any atom is -0.490 e. The third-order valence-electron chi connectivity index (χ3n) is 4.31. The summed E-state index contributed by atoms with van der Waals surface area (Å²) < 4.78 is 28.8. The third kappa shape index (κ3) is 5.27. The van der Waals surface area contributed by atoms with Crippen LogP contribution in [-0.4, -0.2) is 50.9 Å². The van der Waals surface area contributed by atoms with Gasteiger partial charge in [-0.3, -0.25) is 0 Å². The second-order valence-electron chi connectivity index (χ2n) is 7.19. The number of aldehydes is 1. The molecule has 0 unspecified atom stereocenters. The van der Waals surface area contributed by atoms with Crippen molar-refractivity contribution in [1.29, 1.82) is 0 Å². The van der Waals surface area contributed by atoms with Crippen molar-refractivity contribution in [2.45, 2.75) is 65.1 Å². The molecule has 0 amide bonds. The number of benzene rings is 1. The molecule has 0 aromatic heterocycles. The largest absolute Gasteiger partial charge is 0.490 e. The van der Waals surface area contributed by atoms with Crippen LogP contribution in [0.3, 0.4) is 0 Å². The molecule has 0 spiro atoms. The van der Waals surface area contributed by atoms with Gasteiger partial charge in [-0.05, 0) is 45.7 Å². The van der Waals surface area contributed by atoms with Crippen LogP contribution in [0.4, 0.5) is 0 Å². The minimum atomic E-state index is -0.775. The van der Waals surface area contributed by atoms with Gasteiger partial charge in [0.15, 0.2) is 5.79 Å². The second kappa shape index (κ2) is 8.95. The highest BCUT2D eigenvalue weighted by atomic mass is 16.8. The Bertz CT molecular complexity index is 589. The fourth-order valence-corrected chi connectivity index (χ4v) is 3.41. The number of ether oxygens (including phenoxy) is 5. The van der Waals surface area contributed by atoms with E-state index in [0.29, 0.717) is 0 Å². The van der Waals surface area contributed by atoms with Crippen LogP contribution in [0.2, 0.25) is 0 Å². The number of hydrogen-bond donors (Lipinski definition) is 0. The van der Waals surface area contributed by atoms with Crippen LogP contribution in [0.15, 0.2) is 12.1 Å². The van der Waals surface area contributed by atoms with Crippen LogP contribution in [0.1, 0.15) is 37.0 Å². The predicted molar refractivity (Wildman–Crippen MR) is 97.4 cm³/mol. The predicted octanol–water partition coefficient (Wildman–Crippen LogP) is 3.09. The Labute approximate surface area is 155 Å². The van der Waals surface area contributed by atoms with Gasteiger partial charge in [-0.25, -0.2) is 0 Å². The lowest BCUT2D eigenvalue weighted by atomic mass is 10.1. The highest BCUT2D eigenvalue weighted by Crippen LogP contribution is 2.33. The number of aryl methyl sites for hydroxylation is 3. The molecule has 0 aliphatic carbocycles. The summed E-state index contributed by atoms with van der Waals surface area (Å²) in [4.78, 5) is 11.0. The van der Waals surface area contributed by atoms with Crippen LogP contribution < -0.4 is 4.74 Å². The van der Waals surface area contributed by atoms with Gasteiger partial charge in [0.1, 0.15) is 37.6 Å². The molecule has 1 fully saturated rings. The molecule has 26 heavy (non-hydrogen) atoms. The summed E-state index contributed by atoms with van der Waals surface area (Å²) in [5.41, 5.74) is 3.34. The monoisotopic (exact) mass is 366 g/mol. The van der Waals surface area contributed by atoms with E-state index in [1.165, 1.54) is 5.56 Å². The van der Waals surface area contributed by atoms with Gasteiger partial charge in [-0.15, -0.1) is 0 Å². The Kier molecular flexibility index (Phi) is 7.17. The molecule has 0 N–H and O–H groups in total. The highest BCUT2D eigenvalue weighted by Gasteiger charge is 2.45. The molecule has 0 radical (unpaired) electrons. The smallest absolute Gasteiger partial charge is 0.163 e. The number of carbonyl (C=O) groups is 1. The maximum Gasteiger partial charge on any atom is 0.163 e. The SMILES string of the molecule is COCO[C@H](COc1c(C)cc(C)cc1C)[C@H]1OC(C)(C)O[C@H]1CC=O. The molecule has 2 rings (SSSR count). The molecule has 1 aromatic rings. The molecule has 1 saturated heterocycles. The maximum atomic E-state index is 11.0. The van der Waals surface area contributed by atoms with E-state index in [1.54, 1.807) is 7.11 Å². The van der Waals surface area contributed by atoms with E-state index >= 15 is 0 Å². The summed E-state index contributed by atoms with van der Waals surface area (Å²) >= 11 is 0. The van der Waals surface area contributed by atoms with E-state index in [2.05, 4.69) is 19.1 Å². The van der Waals surface area contributed by atoms with Crippen LogP contribution in [0.5, 0.6) is 5.75 Å². The van der Waals surface area contributed by atoms with Crippen molar-refractivity contribution in [3.8, 4) is 5.75 Å². The topological polar surface area (TPSA) is 63.2 Å². The lowest BCUT2D eigenvalue weighted by Crippen LogP contribution is -2.42. The number of hydrogen-bond acceptors (Lipinski definition) is 6. The molecule has 6 heteroatoms. The van der Waals surface area contributed by atoms with Gasteiger partial charge in [-0.1, -0.05) is 17.7 Å². The molecular weight excluding hydrogens is 336 g/mol. The lowest BCUT2D eigenvalue weighted by Gasteiger charge is -2.27. The average Bonchev–Trinajstić information content (AvgIpc) is 2.84. The molecule has 1 aliphatic rings. The van der Waals surface area contributed by atoms with Crippen molar-refractivity contribution in [3.05, 3.63) is 28.8 Å². The van der Waals surface area contributed by atoms with Gasteiger partial charge >= 0.3 is 0 Å². The van der Waals surface area contributed by atoms with Crippen molar-refractivity contribution in [2.75, 3.05) is 20.5 Å². The summed E-state index contributed by atoms with van der Waals surface area (Å²) in [6.07, 6.45) is -0.152. The Balaban J connectivity index is 2.15. The molecule has 0 bridgehead atoms. The van der Waals surface area contributed by atoms with Crippen LogP contribution in [0, 0.1) is 20.8 Å². The van der Waals surface area contributed by atoms with Gasteiger partial charge in [0, 0.05) is 13.5 Å². The van der Waals surface area contributed by atoms with Crippen LogP contribution in [0.25, 0.3) is 0 Å². The summed E-state index contributed by atoms with van der Waals surface area (Å²) in [7, 11) is 1.56. The van der Waals surface area contributed by atoms with Crippen molar-refractivity contribution in [2.24, 2.45) is 0 Å². The first-order chi connectivity index (χ1) is 12.3. The van der Waals surface area contributed by atoms with E-state index < -0.39 is 18.0 Å². The highest BCUT2D eigenvalue weighted by molar-refractivity contribution is 5.50. The average molecular weight is 366 g/mol. The Hall–Kier alpha value is -1.47. The Morgan fingerprint density at radius 2 is 1.85 bits per heavy atom. The normalized spacial score (nSPS) is 23.0. The summed E-state index contributed by atoms with van der Waals surface area (Å²) in [5.74, 6) is 0.0645. The molecule has 1 aromatic carbocycles. The lowest BCUT2D eigenvalue weighted by molar-refractivity contribution is -0.174. The van der Waals surface area contributed by atoms with Gasteiger partial charge in [-0.2, -0.15) is 0 Å². The van der Waals surface area contributed by atoms with Crippen molar-refractivity contribution < 1.29 is 28.5 Å². The van der Waals surface area contributed by atoms with Crippen LogP contribution >= 0.6 is 0 Å². The standard InChI is InChI=1S/C20H30O6/c1-13-9-14(2)18(15(3)10-13)23-11-17(24-12-22-6)19-16(7-8-21)25-20(4,5)26-19/h8-10,16-17,19H,7,11-12H2,1-6H3/t16-,17+,19-/m0/s1. The molecule has 146 valence electrons. The number of carbonyl (C=O) groups excluding carboxylic acids is 1. The quantitative estimate of drug-likeness (QED) is 0.494. The van der Waals surface area contributed by atoms with Crippen molar-refractivity contribution in [1.82, 2.24) is 0 Å². The zero-order chi connectivity index (χ0) is 19.3. The molecule has 1 aliphatic heterocycles. The maximum absolute atomic E-state index is 11.0. The Morgan fingerprint density at radius 3 is 2.42 bits per heavy atom. The van der Waals surface area contributed by atoms with Gasteiger partial charge in [0.2, 0.25) is 0 Å². The first kappa shape index (κ1) is 20.8.